The molecular formula is C14H10F3N3O. The molecule has 4 nitrogen and oxygen atoms in total. The van der Waals surface area contributed by atoms with Crippen LogP contribution in [-0.2, 0) is 6.42 Å². The van der Waals surface area contributed by atoms with Crippen LogP contribution in [0.25, 0.3) is 11.1 Å². The molecular weight excluding hydrogens is 283 g/mol. The number of hydrogen-bond donors (Lipinski definition) is 1. The fraction of sp³-hybridized carbons (Fsp3) is 0.143. The van der Waals surface area contributed by atoms with Gasteiger partial charge in [0.05, 0.1) is 18.2 Å². The zero-order chi connectivity index (χ0) is 15.5. The van der Waals surface area contributed by atoms with E-state index in [2.05, 4.69) is 9.72 Å². The molecule has 0 fully saturated rings. The van der Waals surface area contributed by atoms with E-state index in [1.807, 2.05) is 6.07 Å². The number of nitrogens with zero attached hydrogens (tertiary/aromatic N) is 2. The van der Waals surface area contributed by atoms with E-state index in [1.165, 1.54) is 24.3 Å². The summed E-state index contributed by atoms with van der Waals surface area (Å²) in [4.78, 5) is 4.00. The van der Waals surface area contributed by atoms with E-state index < -0.39 is 6.36 Å². The molecule has 1 aromatic carbocycles. The second kappa shape index (κ2) is 5.71. The number of nitrogens with two attached hydrogens (primary N) is 1. The van der Waals surface area contributed by atoms with Crippen molar-refractivity contribution in [1.82, 2.24) is 4.98 Å². The van der Waals surface area contributed by atoms with Gasteiger partial charge in [-0.05, 0) is 18.2 Å². The standard InChI is InChI=1S/C14H10F3N3O/c15-14(16,17)21-12-4-2-1-3-10(12)11-6-5-9(7-8-18)20-13(11)19/h1-6H,7H2,(H2,19,20). The van der Waals surface area contributed by atoms with E-state index in [9.17, 15) is 13.2 Å². The first-order valence-electron chi connectivity index (χ1n) is 5.88. The lowest BCUT2D eigenvalue weighted by molar-refractivity contribution is -0.274. The van der Waals surface area contributed by atoms with Gasteiger partial charge in [0.2, 0.25) is 0 Å². The van der Waals surface area contributed by atoms with E-state index in [0.717, 1.165) is 0 Å². The fourth-order valence-corrected chi connectivity index (χ4v) is 1.83. The highest BCUT2D eigenvalue weighted by atomic mass is 19.4. The molecule has 7 heteroatoms. The maximum atomic E-state index is 12.4. The summed E-state index contributed by atoms with van der Waals surface area (Å²) in [5.41, 5.74) is 6.71. The second-order valence-electron chi connectivity index (χ2n) is 4.11. The van der Waals surface area contributed by atoms with Crippen molar-refractivity contribution in [3.63, 3.8) is 0 Å². The normalized spacial score (nSPS) is 11.0. The van der Waals surface area contributed by atoms with E-state index in [-0.39, 0.29) is 23.6 Å². The van der Waals surface area contributed by atoms with Gasteiger partial charge < -0.3 is 10.5 Å². The molecule has 0 aliphatic carbocycles. The number of pyridine rings is 1. The van der Waals surface area contributed by atoms with Crippen molar-refractivity contribution in [1.29, 1.82) is 5.26 Å². The number of halogens is 3. The predicted molar refractivity (Wildman–Crippen MR) is 70.1 cm³/mol. The van der Waals surface area contributed by atoms with Crippen LogP contribution >= 0.6 is 0 Å². The molecule has 2 N–H and O–H groups in total. The third-order valence-electron chi connectivity index (χ3n) is 2.65. The Morgan fingerprint density at radius 3 is 2.48 bits per heavy atom. The minimum atomic E-state index is -4.79. The van der Waals surface area contributed by atoms with E-state index in [0.29, 0.717) is 11.3 Å². The fourth-order valence-electron chi connectivity index (χ4n) is 1.83. The zero-order valence-corrected chi connectivity index (χ0v) is 10.7. The molecule has 1 heterocycles. The Kier molecular flexibility index (Phi) is 3.98. The molecule has 0 saturated heterocycles. The van der Waals surface area contributed by atoms with E-state index in [1.54, 1.807) is 12.1 Å². The number of hydrogen-bond acceptors (Lipinski definition) is 4. The minimum absolute atomic E-state index is 0.0426. The number of benzene rings is 1. The highest BCUT2D eigenvalue weighted by molar-refractivity contribution is 5.78. The molecule has 0 atom stereocenters. The van der Waals surface area contributed by atoms with Gasteiger partial charge in [0, 0.05) is 11.1 Å². The first-order chi connectivity index (χ1) is 9.90. The van der Waals surface area contributed by atoms with Crippen LogP contribution < -0.4 is 10.5 Å². The highest BCUT2D eigenvalue weighted by Crippen LogP contribution is 2.35. The largest absolute Gasteiger partial charge is 0.573 e. The van der Waals surface area contributed by atoms with Gasteiger partial charge >= 0.3 is 6.36 Å². The molecule has 21 heavy (non-hydrogen) atoms. The highest BCUT2D eigenvalue weighted by Gasteiger charge is 2.32. The average molecular weight is 293 g/mol. The molecule has 108 valence electrons. The molecule has 0 aliphatic heterocycles. The van der Waals surface area contributed by atoms with Crippen LogP contribution in [0.3, 0.4) is 0 Å². The summed E-state index contributed by atoms with van der Waals surface area (Å²) < 4.78 is 41.2. The predicted octanol–water partition coefficient (Wildman–Crippen LogP) is 3.30. The summed E-state index contributed by atoms with van der Waals surface area (Å²) in [7, 11) is 0. The van der Waals surface area contributed by atoms with Crippen molar-refractivity contribution in [3.05, 3.63) is 42.1 Å². The van der Waals surface area contributed by atoms with Crippen molar-refractivity contribution in [2.75, 3.05) is 5.73 Å². The quantitative estimate of drug-likeness (QED) is 0.942. The number of para-hydroxylation sites is 1. The molecule has 2 rings (SSSR count). The summed E-state index contributed by atoms with van der Waals surface area (Å²) in [6.07, 6.45) is -4.72. The molecule has 0 saturated carbocycles. The number of ether oxygens (including phenoxy) is 1. The lowest BCUT2D eigenvalue weighted by atomic mass is 10.0. The Labute approximate surface area is 118 Å². The number of aromatic nitrogens is 1. The molecule has 0 unspecified atom stereocenters. The lowest BCUT2D eigenvalue weighted by Crippen LogP contribution is -2.17. The molecule has 0 radical (unpaired) electrons. The van der Waals surface area contributed by atoms with Crippen LogP contribution in [0.15, 0.2) is 36.4 Å². The Morgan fingerprint density at radius 2 is 1.86 bits per heavy atom. The minimum Gasteiger partial charge on any atom is -0.405 e. The molecule has 0 bridgehead atoms. The van der Waals surface area contributed by atoms with Crippen LogP contribution in [0.5, 0.6) is 5.75 Å². The van der Waals surface area contributed by atoms with Crippen LogP contribution in [-0.4, -0.2) is 11.3 Å². The summed E-state index contributed by atoms with van der Waals surface area (Å²) >= 11 is 0. The number of nitriles is 1. The monoisotopic (exact) mass is 293 g/mol. The third-order valence-corrected chi connectivity index (χ3v) is 2.65. The van der Waals surface area contributed by atoms with Gasteiger partial charge in [0.1, 0.15) is 11.6 Å². The smallest absolute Gasteiger partial charge is 0.405 e. The van der Waals surface area contributed by atoms with Gasteiger partial charge in [0.15, 0.2) is 0 Å². The molecule has 0 aliphatic rings. The molecule has 1 aromatic heterocycles. The van der Waals surface area contributed by atoms with Crippen molar-refractivity contribution >= 4 is 5.82 Å². The van der Waals surface area contributed by atoms with Gasteiger partial charge in [-0.1, -0.05) is 18.2 Å². The first kappa shape index (κ1) is 14.7. The van der Waals surface area contributed by atoms with Crippen molar-refractivity contribution in [2.45, 2.75) is 12.8 Å². The maximum absolute atomic E-state index is 12.4. The topological polar surface area (TPSA) is 71.9 Å². The van der Waals surface area contributed by atoms with Gasteiger partial charge in [0.25, 0.3) is 0 Å². The van der Waals surface area contributed by atoms with Crippen molar-refractivity contribution in [2.24, 2.45) is 0 Å². The summed E-state index contributed by atoms with van der Waals surface area (Å²) in [5, 5.41) is 8.59. The molecule has 2 aromatic rings. The maximum Gasteiger partial charge on any atom is 0.573 e. The van der Waals surface area contributed by atoms with E-state index in [4.69, 9.17) is 11.0 Å². The van der Waals surface area contributed by atoms with Crippen LogP contribution in [0.2, 0.25) is 0 Å². The Morgan fingerprint density at radius 1 is 1.14 bits per heavy atom. The van der Waals surface area contributed by atoms with Gasteiger partial charge in [-0.25, -0.2) is 4.98 Å². The van der Waals surface area contributed by atoms with Crippen LogP contribution in [0.4, 0.5) is 19.0 Å². The number of alkyl halides is 3. The van der Waals surface area contributed by atoms with Crippen LogP contribution in [0.1, 0.15) is 5.69 Å². The second-order valence-corrected chi connectivity index (χ2v) is 4.11. The third kappa shape index (κ3) is 3.63. The molecule has 0 spiro atoms. The summed E-state index contributed by atoms with van der Waals surface area (Å²) in [5.74, 6) is -0.312. The Hall–Kier alpha value is -2.75. The SMILES string of the molecule is N#CCc1ccc(-c2ccccc2OC(F)(F)F)c(N)n1. The van der Waals surface area contributed by atoms with Gasteiger partial charge in [-0.3, -0.25) is 0 Å². The average Bonchev–Trinajstić information content (AvgIpc) is 2.39. The van der Waals surface area contributed by atoms with E-state index >= 15 is 0 Å². The zero-order valence-electron chi connectivity index (χ0n) is 10.7. The van der Waals surface area contributed by atoms with Crippen molar-refractivity contribution < 1.29 is 17.9 Å². The number of nitrogen functional groups attached to an aromatic ring is 1. The van der Waals surface area contributed by atoms with Gasteiger partial charge in [-0.15, -0.1) is 13.2 Å². The van der Waals surface area contributed by atoms with Gasteiger partial charge in [-0.2, -0.15) is 5.26 Å². The Balaban J connectivity index is 2.45. The first-order valence-corrected chi connectivity index (χ1v) is 5.88. The molecule has 0 amide bonds. The Bertz CT molecular complexity index is 693. The number of rotatable bonds is 3. The van der Waals surface area contributed by atoms with Crippen molar-refractivity contribution in [3.8, 4) is 22.9 Å². The lowest BCUT2D eigenvalue weighted by Gasteiger charge is -2.14. The summed E-state index contributed by atoms with van der Waals surface area (Å²) in [6.45, 7) is 0. The number of anilines is 1. The summed E-state index contributed by atoms with van der Waals surface area (Å²) in [6, 6.07) is 10.6. The van der Waals surface area contributed by atoms with Crippen LogP contribution in [0, 0.1) is 11.3 Å².